The number of aromatic nitrogens is 3. The van der Waals surface area contributed by atoms with E-state index in [4.69, 9.17) is 4.74 Å². The lowest BCUT2D eigenvalue weighted by molar-refractivity contribution is 0.0594. The largest absolute Gasteiger partial charge is 0.464 e. The second kappa shape index (κ2) is 6.33. The van der Waals surface area contributed by atoms with E-state index in [1.807, 2.05) is 26.1 Å². The van der Waals surface area contributed by atoms with Gasteiger partial charge in [0.1, 0.15) is 0 Å². The number of nitrogens with one attached hydrogen (secondary N) is 1. The van der Waals surface area contributed by atoms with Gasteiger partial charge in [0.15, 0.2) is 5.69 Å². The van der Waals surface area contributed by atoms with Crippen molar-refractivity contribution in [1.29, 1.82) is 0 Å². The quantitative estimate of drug-likeness (QED) is 0.734. The number of carbonyl (C=O) groups excluding carboxylic acids is 2. The highest BCUT2D eigenvalue weighted by Crippen LogP contribution is 2.26. The minimum atomic E-state index is -0.589. The van der Waals surface area contributed by atoms with Crippen molar-refractivity contribution >= 4 is 28.5 Å². The lowest BCUT2D eigenvalue weighted by Gasteiger charge is -2.07. The molecule has 0 saturated heterocycles. The van der Waals surface area contributed by atoms with E-state index in [1.54, 1.807) is 20.0 Å². The Kier molecular flexibility index (Phi) is 4.31. The third-order valence-electron chi connectivity index (χ3n) is 5.02. The van der Waals surface area contributed by atoms with Gasteiger partial charge in [-0.15, -0.1) is 0 Å². The Hall–Kier alpha value is -3.09. The van der Waals surface area contributed by atoms with Crippen LogP contribution in [0.15, 0.2) is 18.2 Å². The van der Waals surface area contributed by atoms with E-state index in [0.717, 1.165) is 22.2 Å². The zero-order chi connectivity index (χ0) is 19.2. The highest BCUT2D eigenvalue weighted by atomic mass is 16.5. The Balaban J connectivity index is 2.00. The fraction of sp³-hybridized carbons (Fsp3) is 0.316. The van der Waals surface area contributed by atoms with Crippen molar-refractivity contribution < 1.29 is 14.3 Å². The molecule has 0 radical (unpaired) electrons. The standard InChI is InChI=1S/C19H22N4O3/c1-10-11(2)22(4)15-8-7-13(9-14(10)15)18(24)20-16-12(3)23(5)21-17(16)19(25)26-6/h7-9H,1-6H3,(H,20,24). The maximum absolute atomic E-state index is 12.8. The van der Waals surface area contributed by atoms with E-state index in [0.29, 0.717) is 16.9 Å². The average molecular weight is 354 g/mol. The number of esters is 1. The molecule has 0 unspecified atom stereocenters. The average Bonchev–Trinajstić information content (AvgIpc) is 3.04. The molecule has 0 atom stereocenters. The molecule has 1 amide bonds. The van der Waals surface area contributed by atoms with Crippen LogP contribution in [0.4, 0.5) is 5.69 Å². The number of benzene rings is 1. The molecule has 3 aromatic rings. The van der Waals surface area contributed by atoms with Gasteiger partial charge in [0.25, 0.3) is 5.91 Å². The molecule has 0 fully saturated rings. The van der Waals surface area contributed by atoms with Crippen LogP contribution in [-0.4, -0.2) is 33.3 Å². The number of amides is 1. The molecular formula is C19H22N4O3. The monoisotopic (exact) mass is 354 g/mol. The third kappa shape index (κ3) is 2.65. The third-order valence-corrected chi connectivity index (χ3v) is 5.02. The smallest absolute Gasteiger partial charge is 0.360 e. The van der Waals surface area contributed by atoms with Gasteiger partial charge in [0, 0.05) is 36.3 Å². The van der Waals surface area contributed by atoms with Crippen molar-refractivity contribution in [3.63, 3.8) is 0 Å². The van der Waals surface area contributed by atoms with Crippen LogP contribution in [0.2, 0.25) is 0 Å². The van der Waals surface area contributed by atoms with E-state index < -0.39 is 5.97 Å². The van der Waals surface area contributed by atoms with Crippen LogP contribution in [0.3, 0.4) is 0 Å². The number of aryl methyl sites for hydroxylation is 3. The maximum atomic E-state index is 12.8. The number of anilines is 1. The minimum Gasteiger partial charge on any atom is -0.464 e. The molecule has 1 aromatic carbocycles. The van der Waals surface area contributed by atoms with Crippen LogP contribution in [0.5, 0.6) is 0 Å². The van der Waals surface area contributed by atoms with Crippen molar-refractivity contribution in [2.45, 2.75) is 20.8 Å². The molecule has 0 bridgehead atoms. The van der Waals surface area contributed by atoms with Crippen LogP contribution in [0.25, 0.3) is 10.9 Å². The van der Waals surface area contributed by atoms with Gasteiger partial charge in [-0.2, -0.15) is 5.10 Å². The SMILES string of the molecule is COC(=O)c1nn(C)c(C)c1NC(=O)c1ccc2c(c1)c(C)c(C)n2C. The molecular weight excluding hydrogens is 332 g/mol. The van der Waals surface area contributed by atoms with E-state index in [-0.39, 0.29) is 11.6 Å². The maximum Gasteiger partial charge on any atom is 0.360 e. The summed E-state index contributed by atoms with van der Waals surface area (Å²) in [5, 5.41) is 7.97. The van der Waals surface area contributed by atoms with Crippen molar-refractivity contribution in [3.05, 3.63) is 46.4 Å². The molecule has 0 spiro atoms. The number of hydrogen-bond donors (Lipinski definition) is 1. The van der Waals surface area contributed by atoms with E-state index in [9.17, 15) is 9.59 Å². The second-order valence-corrected chi connectivity index (χ2v) is 6.38. The summed E-state index contributed by atoms with van der Waals surface area (Å²) in [5.74, 6) is -0.886. The first-order valence-electron chi connectivity index (χ1n) is 8.25. The fourth-order valence-corrected chi connectivity index (χ4v) is 3.08. The van der Waals surface area contributed by atoms with Crippen LogP contribution in [-0.2, 0) is 18.8 Å². The number of nitrogens with zero attached hydrogens (tertiary/aromatic N) is 3. The van der Waals surface area contributed by atoms with E-state index in [2.05, 4.69) is 21.9 Å². The highest BCUT2D eigenvalue weighted by molar-refractivity contribution is 6.09. The molecule has 2 aromatic heterocycles. The Morgan fingerprint density at radius 2 is 1.81 bits per heavy atom. The molecule has 26 heavy (non-hydrogen) atoms. The van der Waals surface area contributed by atoms with Gasteiger partial charge in [-0.05, 0) is 44.5 Å². The summed E-state index contributed by atoms with van der Waals surface area (Å²) in [5.41, 5.74) is 5.03. The molecule has 7 nitrogen and oxygen atoms in total. The van der Waals surface area contributed by atoms with Crippen molar-refractivity contribution in [2.24, 2.45) is 14.1 Å². The zero-order valence-electron chi connectivity index (χ0n) is 15.8. The minimum absolute atomic E-state index is 0.0914. The van der Waals surface area contributed by atoms with Crippen LogP contribution >= 0.6 is 0 Å². The van der Waals surface area contributed by atoms with Gasteiger partial charge in [-0.25, -0.2) is 4.79 Å². The summed E-state index contributed by atoms with van der Waals surface area (Å²) in [4.78, 5) is 24.7. The summed E-state index contributed by atoms with van der Waals surface area (Å²) in [6.07, 6.45) is 0. The summed E-state index contributed by atoms with van der Waals surface area (Å²) in [6, 6.07) is 5.58. The number of hydrogen-bond acceptors (Lipinski definition) is 4. The van der Waals surface area contributed by atoms with Crippen LogP contribution < -0.4 is 5.32 Å². The summed E-state index contributed by atoms with van der Waals surface area (Å²) < 4.78 is 8.39. The predicted octanol–water partition coefficient (Wildman–Crippen LogP) is 2.88. The Morgan fingerprint density at radius 1 is 1.12 bits per heavy atom. The number of carbonyl (C=O) groups is 2. The first-order valence-corrected chi connectivity index (χ1v) is 8.25. The van der Waals surface area contributed by atoms with Crippen molar-refractivity contribution in [2.75, 3.05) is 12.4 Å². The number of methoxy groups -OCH3 is 1. The van der Waals surface area contributed by atoms with E-state index in [1.165, 1.54) is 11.8 Å². The molecule has 0 aliphatic carbocycles. The van der Waals surface area contributed by atoms with E-state index >= 15 is 0 Å². The van der Waals surface area contributed by atoms with Gasteiger partial charge in [-0.1, -0.05) is 0 Å². The van der Waals surface area contributed by atoms with Gasteiger partial charge in [0.2, 0.25) is 0 Å². The molecule has 0 aliphatic rings. The number of rotatable bonds is 3. The highest BCUT2D eigenvalue weighted by Gasteiger charge is 2.22. The Morgan fingerprint density at radius 3 is 2.46 bits per heavy atom. The van der Waals surface area contributed by atoms with Crippen molar-refractivity contribution in [3.8, 4) is 0 Å². The summed E-state index contributed by atoms with van der Waals surface area (Å²) in [6.45, 7) is 5.87. The van der Waals surface area contributed by atoms with Gasteiger partial charge < -0.3 is 14.6 Å². The van der Waals surface area contributed by atoms with Gasteiger partial charge in [0.05, 0.1) is 18.5 Å². The second-order valence-electron chi connectivity index (χ2n) is 6.38. The Labute approximate surface area is 151 Å². The normalized spacial score (nSPS) is 11.0. The molecule has 0 saturated carbocycles. The predicted molar refractivity (Wildman–Crippen MR) is 99.6 cm³/mol. The molecule has 2 heterocycles. The molecule has 1 N–H and O–H groups in total. The van der Waals surface area contributed by atoms with Gasteiger partial charge >= 0.3 is 5.97 Å². The zero-order valence-corrected chi connectivity index (χ0v) is 15.8. The van der Waals surface area contributed by atoms with Crippen LogP contribution in [0.1, 0.15) is 37.8 Å². The molecule has 7 heteroatoms. The lowest BCUT2D eigenvalue weighted by Crippen LogP contribution is -2.15. The Bertz CT molecular complexity index is 1040. The van der Waals surface area contributed by atoms with Gasteiger partial charge in [-0.3, -0.25) is 9.48 Å². The summed E-state index contributed by atoms with van der Waals surface area (Å²) >= 11 is 0. The number of fused-ring (bicyclic) bond motifs is 1. The molecule has 0 aliphatic heterocycles. The lowest BCUT2D eigenvalue weighted by atomic mass is 10.1. The molecule has 136 valence electrons. The summed E-state index contributed by atoms with van der Waals surface area (Å²) in [7, 11) is 5.00. The first kappa shape index (κ1) is 17.7. The number of ether oxygens (including phenoxy) is 1. The fourth-order valence-electron chi connectivity index (χ4n) is 3.08. The first-order chi connectivity index (χ1) is 12.3. The van der Waals surface area contributed by atoms with Crippen LogP contribution in [0, 0.1) is 20.8 Å². The molecule has 3 rings (SSSR count). The topological polar surface area (TPSA) is 78.2 Å². The van der Waals surface area contributed by atoms with Crippen molar-refractivity contribution in [1.82, 2.24) is 14.3 Å².